The van der Waals surface area contributed by atoms with E-state index in [1.807, 2.05) is 54.0 Å². The number of aliphatic hydroxyl groups is 1. The molecule has 1 aliphatic rings. The average Bonchev–Trinajstić information content (AvgIpc) is 3.03. The first-order valence-corrected chi connectivity index (χ1v) is 11.1. The second-order valence-corrected chi connectivity index (χ2v) is 8.37. The number of aryl methyl sites for hydroxylation is 1. The van der Waals surface area contributed by atoms with Gasteiger partial charge in [0, 0.05) is 0 Å². The van der Waals surface area contributed by atoms with Crippen LogP contribution in [0.1, 0.15) is 24.8 Å². The molecule has 3 aromatic rings. The number of piperidine rings is 1. The topological polar surface area (TPSA) is 67.6 Å². The Morgan fingerprint density at radius 1 is 1.00 bits per heavy atom. The second kappa shape index (κ2) is 9.49. The standard InChI is InChI=1S/C24H32N4O2/c1-19-9-3-6-12-23(19)30-18-20(29)17-28-22-11-5-4-10-21(22)27(24(28)25)16-15-26-13-7-2-8-14-26/h3-6,9-12,20,25,29H,2,7-8,13-18H2,1H3/p+1/t20-/m0/s1. The Kier molecular flexibility index (Phi) is 6.55. The predicted octanol–water partition coefficient (Wildman–Crippen LogP) is 1.74. The number of fused-ring (bicyclic) bond motifs is 1. The van der Waals surface area contributed by atoms with Crippen LogP contribution in [-0.4, -0.2) is 46.6 Å². The maximum Gasteiger partial charge on any atom is 0.203 e. The molecule has 1 aliphatic heterocycles. The van der Waals surface area contributed by atoms with Gasteiger partial charge in [-0.3, -0.25) is 5.41 Å². The highest BCUT2D eigenvalue weighted by Crippen LogP contribution is 2.17. The number of aliphatic hydroxyl groups excluding tert-OH is 1. The van der Waals surface area contributed by atoms with Gasteiger partial charge in [-0.2, -0.15) is 0 Å². The maximum absolute atomic E-state index is 10.6. The first-order chi connectivity index (χ1) is 14.6. The fourth-order valence-corrected chi connectivity index (χ4v) is 4.45. The lowest BCUT2D eigenvalue weighted by Crippen LogP contribution is -3.13. The lowest BCUT2D eigenvalue weighted by Gasteiger charge is -2.23. The molecule has 1 saturated heterocycles. The van der Waals surface area contributed by atoms with E-state index in [0.717, 1.165) is 35.4 Å². The zero-order valence-corrected chi connectivity index (χ0v) is 17.8. The molecule has 0 saturated carbocycles. The number of likely N-dealkylation sites (tertiary alicyclic amines) is 1. The molecule has 6 nitrogen and oxygen atoms in total. The van der Waals surface area contributed by atoms with E-state index in [0.29, 0.717) is 12.2 Å². The molecule has 1 atom stereocenters. The summed E-state index contributed by atoms with van der Waals surface area (Å²) in [4.78, 5) is 1.64. The Hall–Kier alpha value is -2.57. The number of hydrogen-bond donors (Lipinski definition) is 3. The minimum absolute atomic E-state index is 0.203. The van der Waals surface area contributed by atoms with Crippen molar-refractivity contribution in [2.75, 3.05) is 26.2 Å². The minimum atomic E-state index is -0.689. The van der Waals surface area contributed by atoms with Crippen LogP contribution in [0.2, 0.25) is 0 Å². The summed E-state index contributed by atoms with van der Waals surface area (Å²) in [7, 11) is 0. The monoisotopic (exact) mass is 409 g/mol. The minimum Gasteiger partial charge on any atom is -0.491 e. The van der Waals surface area contributed by atoms with E-state index in [9.17, 15) is 5.11 Å². The van der Waals surface area contributed by atoms with Gasteiger partial charge in [-0.25, -0.2) is 0 Å². The van der Waals surface area contributed by atoms with Gasteiger partial charge in [0.05, 0.1) is 43.8 Å². The molecule has 0 unspecified atom stereocenters. The van der Waals surface area contributed by atoms with Crippen molar-refractivity contribution in [1.29, 1.82) is 5.41 Å². The largest absolute Gasteiger partial charge is 0.491 e. The van der Waals surface area contributed by atoms with Gasteiger partial charge < -0.3 is 23.9 Å². The van der Waals surface area contributed by atoms with Crippen LogP contribution in [0.3, 0.4) is 0 Å². The summed E-state index contributed by atoms with van der Waals surface area (Å²) in [6.07, 6.45) is 3.28. The number of benzene rings is 2. The number of para-hydroxylation sites is 3. The summed E-state index contributed by atoms with van der Waals surface area (Å²) >= 11 is 0. The van der Waals surface area contributed by atoms with Crippen molar-refractivity contribution >= 4 is 11.0 Å². The fraction of sp³-hybridized carbons (Fsp3) is 0.458. The Bertz CT molecular complexity index is 1030. The first-order valence-electron chi connectivity index (χ1n) is 11.1. The molecular weight excluding hydrogens is 376 g/mol. The molecule has 0 radical (unpaired) electrons. The van der Waals surface area contributed by atoms with Crippen molar-refractivity contribution in [3.8, 4) is 5.75 Å². The van der Waals surface area contributed by atoms with Gasteiger partial charge in [0.25, 0.3) is 0 Å². The predicted molar refractivity (Wildman–Crippen MR) is 118 cm³/mol. The van der Waals surface area contributed by atoms with Gasteiger partial charge in [-0.05, 0) is 49.9 Å². The molecule has 0 aliphatic carbocycles. The molecule has 0 bridgehead atoms. The number of quaternary nitrogens is 1. The summed E-state index contributed by atoms with van der Waals surface area (Å²) in [5.41, 5.74) is 3.55. The third kappa shape index (κ3) is 4.60. The highest BCUT2D eigenvalue weighted by atomic mass is 16.5. The SMILES string of the molecule is Cc1ccccc1OC[C@@H](O)Cn1c(=N)n(CC[NH+]2CCCCC2)c2ccccc21. The average molecular weight is 410 g/mol. The zero-order valence-electron chi connectivity index (χ0n) is 17.8. The van der Waals surface area contributed by atoms with Crippen LogP contribution in [0.5, 0.6) is 5.75 Å². The quantitative estimate of drug-likeness (QED) is 0.531. The van der Waals surface area contributed by atoms with E-state index in [1.165, 1.54) is 32.4 Å². The Morgan fingerprint density at radius 3 is 2.40 bits per heavy atom. The smallest absolute Gasteiger partial charge is 0.203 e. The van der Waals surface area contributed by atoms with Crippen LogP contribution >= 0.6 is 0 Å². The number of nitrogens with zero attached hydrogens (tertiary/aromatic N) is 2. The van der Waals surface area contributed by atoms with Crippen LogP contribution in [0.25, 0.3) is 11.0 Å². The molecule has 4 rings (SSSR count). The second-order valence-electron chi connectivity index (χ2n) is 8.37. The van der Waals surface area contributed by atoms with Crippen LogP contribution in [0, 0.1) is 12.3 Å². The molecule has 6 heteroatoms. The summed E-state index contributed by atoms with van der Waals surface area (Å²) in [5.74, 6) is 0.791. The summed E-state index contributed by atoms with van der Waals surface area (Å²) < 4.78 is 9.82. The van der Waals surface area contributed by atoms with Gasteiger partial charge >= 0.3 is 0 Å². The van der Waals surface area contributed by atoms with Gasteiger partial charge in [-0.1, -0.05) is 30.3 Å². The van der Waals surface area contributed by atoms with Crippen molar-refractivity contribution in [2.24, 2.45) is 0 Å². The Labute approximate surface area is 177 Å². The number of ether oxygens (including phenoxy) is 1. The van der Waals surface area contributed by atoms with E-state index in [2.05, 4.69) is 10.6 Å². The van der Waals surface area contributed by atoms with E-state index >= 15 is 0 Å². The van der Waals surface area contributed by atoms with Crippen molar-refractivity contribution < 1.29 is 14.7 Å². The Balaban J connectivity index is 1.48. The zero-order chi connectivity index (χ0) is 20.9. The van der Waals surface area contributed by atoms with Crippen LogP contribution < -0.4 is 15.3 Å². The lowest BCUT2D eigenvalue weighted by atomic mass is 10.1. The third-order valence-electron chi connectivity index (χ3n) is 6.14. The Morgan fingerprint density at radius 2 is 1.67 bits per heavy atom. The van der Waals surface area contributed by atoms with Crippen molar-refractivity contribution in [1.82, 2.24) is 9.13 Å². The number of hydrogen-bond acceptors (Lipinski definition) is 3. The molecule has 1 aromatic heterocycles. The van der Waals surface area contributed by atoms with Crippen LogP contribution in [0.15, 0.2) is 48.5 Å². The van der Waals surface area contributed by atoms with Gasteiger partial charge in [-0.15, -0.1) is 0 Å². The molecule has 0 amide bonds. The van der Waals surface area contributed by atoms with Crippen LogP contribution in [-0.2, 0) is 13.1 Å². The van der Waals surface area contributed by atoms with Gasteiger partial charge in [0.2, 0.25) is 5.62 Å². The molecule has 2 heterocycles. The van der Waals surface area contributed by atoms with Crippen molar-refractivity contribution in [3.63, 3.8) is 0 Å². The fourth-order valence-electron chi connectivity index (χ4n) is 4.45. The van der Waals surface area contributed by atoms with E-state index in [1.54, 1.807) is 4.90 Å². The first kappa shape index (κ1) is 20.7. The van der Waals surface area contributed by atoms with E-state index in [4.69, 9.17) is 10.1 Å². The third-order valence-corrected chi connectivity index (χ3v) is 6.14. The molecular formula is C24H33N4O2+. The van der Waals surface area contributed by atoms with Crippen molar-refractivity contribution in [2.45, 2.75) is 45.4 Å². The highest BCUT2D eigenvalue weighted by molar-refractivity contribution is 5.75. The summed E-state index contributed by atoms with van der Waals surface area (Å²) in [6, 6.07) is 15.9. The summed E-state index contributed by atoms with van der Waals surface area (Å²) in [6.45, 7) is 6.89. The normalized spacial score (nSPS) is 16.1. The maximum atomic E-state index is 10.6. The van der Waals surface area contributed by atoms with Crippen LogP contribution in [0.4, 0.5) is 0 Å². The van der Waals surface area contributed by atoms with Gasteiger partial charge in [0.1, 0.15) is 18.5 Å². The van der Waals surface area contributed by atoms with Crippen molar-refractivity contribution in [3.05, 3.63) is 59.7 Å². The summed E-state index contributed by atoms with van der Waals surface area (Å²) in [5, 5.41) is 19.4. The number of rotatable bonds is 8. The highest BCUT2D eigenvalue weighted by Gasteiger charge is 2.17. The molecule has 0 spiro atoms. The van der Waals surface area contributed by atoms with E-state index in [-0.39, 0.29) is 6.61 Å². The molecule has 30 heavy (non-hydrogen) atoms. The molecule has 1 fully saturated rings. The lowest BCUT2D eigenvalue weighted by molar-refractivity contribution is -0.905. The number of nitrogens with one attached hydrogen (secondary N) is 2. The molecule has 160 valence electrons. The number of imidazole rings is 1. The molecule has 3 N–H and O–H groups in total. The van der Waals surface area contributed by atoms with Gasteiger partial charge in [0.15, 0.2) is 0 Å². The number of aromatic nitrogens is 2. The van der Waals surface area contributed by atoms with E-state index < -0.39 is 6.10 Å². The molecule has 2 aromatic carbocycles.